The van der Waals surface area contributed by atoms with Gasteiger partial charge in [-0.2, -0.15) is 0 Å². The summed E-state index contributed by atoms with van der Waals surface area (Å²) in [4.78, 5) is 21.0. The van der Waals surface area contributed by atoms with E-state index in [0.717, 1.165) is 22.4 Å². The van der Waals surface area contributed by atoms with Crippen molar-refractivity contribution in [1.82, 2.24) is 15.3 Å². The summed E-state index contributed by atoms with van der Waals surface area (Å²) in [5.74, 6) is 0.108. The zero-order chi connectivity index (χ0) is 24.9. The number of nitrogens with zero attached hydrogens (tertiary/aromatic N) is 2. The number of benzene rings is 2. The second-order valence-electron chi connectivity index (χ2n) is 8.58. The average molecular weight is 484 g/mol. The molecule has 3 aromatic rings. The number of amides is 1. The van der Waals surface area contributed by atoms with E-state index in [-0.39, 0.29) is 5.91 Å². The molecule has 0 spiro atoms. The number of aromatic nitrogens is 2. The number of halogens is 1. The zero-order valence-electron chi connectivity index (χ0n) is 19.7. The number of nitrogens with one attached hydrogen (secondary N) is 3. The van der Waals surface area contributed by atoms with Crippen molar-refractivity contribution in [3.63, 3.8) is 0 Å². The Morgan fingerprint density at radius 2 is 1.79 bits per heavy atom. The van der Waals surface area contributed by atoms with Crippen molar-refractivity contribution in [3.05, 3.63) is 70.8 Å². The maximum absolute atomic E-state index is 12.5. The van der Waals surface area contributed by atoms with E-state index in [0.29, 0.717) is 35.2 Å². The molecule has 1 heterocycles. The highest BCUT2D eigenvalue weighted by atomic mass is 35.5. The first kappa shape index (κ1) is 25.4. The van der Waals surface area contributed by atoms with Crippen molar-refractivity contribution in [2.45, 2.75) is 39.0 Å². The second-order valence-corrected chi connectivity index (χ2v) is 8.99. The molecule has 1 aromatic heterocycles. The van der Waals surface area contributed by atoms with Crippen LogP contribution in [0.1, 0.15) is 42.5 Å². The molecule has 2 aromatic carbocycles. The van der Waals surface area contributed by atoms with E-state index in [1.807, 2.05) is 24.3 Å². The third-order valence-corrected chi connectivity index (χ3v) is 5.51. The molecule has 0 aliphatic heterocycles. The van der Waals surface area contributed by atoms with Gasteiger partial charge in [0.15, 0.2) is 5.82 Å². The Hall–Kier alpha value is -3.20. The third kappa shape index (κ3) is 6.44. The fraction of sp³-hybridized carbons (Fsp3) is 0.320. The lowest BCUT2D eigenvalue weighted by Gasteiger charge is -2.16. The molecule has 0 saturated carbocycles. The van der Waals surface area contributed by atoms with Crippen molar-refractivity contribution in [2.75, 3.05) is 24.2 Å². The largest absolute Gasteiger partial charge is 0.392 e. The topological polar surface area (TPSA) is 119 Å². The van der Waals surface area contributed by atoms with Crippen molar-refractivity contribution in [3.8, 4) is 11.1 Å². The van der Waals surface area contributed by atoms with Gasteiger partial charge in [0, 0.05) is 54.5 Å². The Balaban J connectivity index is 1.88. The van der Waals surface area contributed by atoms with Crippen LogP contribution in [0.5, 0.6) is 0 Å². The molecule has 1 atom stereocenters. The van der Waals surface area contributed by atoms with Gasteiger partial charge in [-0.25, -0.2) is 9.97 Å². The predicted octanol–water partition coefficient (Wildman–Crippen LogP) is 3.79. The molecule has 180 valence electrons. The summed E-state index contributed by atoms with van der Waals surface area (Å²) < 4.78 is 0. The summed E-state index contributed by atoms with van der Waals surface area (Å²) in [5.41, 5.74) is 3.22. The van der Waals surface area contributed by atoms with E-state index >= 15 is 0 Å². The van der Waals surface area contributed by atoms with E-state index in [1.165, 1.54) is 0 Å². The molecule has 1 amide bonds. The number of rotatable bonds is 9. The molecule has 0 radical (unpaired) electrons. The molecule has 0 aliphatic rings. The fourth-order valence-corrected chi connectivity index (χ4v) is 3.46. The summed E-state index contributed by atoms with van der Waals surface area (Å²) >= 11 is 6.40. The molecule has 34 heavy (non-hydrogen) atoms. The van der Waals surface area contributed by atoms with E-state index in [9.17, 15) is 15.0 Å². The number of hydrogen-bond donors (Lipinski definition) is 5. The second kappa shape index (κ2) is 10.8. The third-order valence-electron chi connectivity index (χ3n) is 5.14. The van der Waals surface area contributed by atoms with Crippen LogP contribution in [0.3, 0.4) is 0 Å². The van der Waals surface area contributed by atoms with Crippen molar-refractivity contribution < 1.29 is 15.0 Å². The monoisotopic (exact) mass is 483 g/mol. The van der Waals surface area contributed by atoms with Gasteiger partial charge in [-0.1, -0.05) is 17.7 Å². The average Bonchev–Trinajstić information content (AvgIpc) is 2.81. The first-order valence-corrected chi connectivity index (χ1v) is 11.3. The molecule has 3 rings (SSSR count). The van der Waals surface area contributed by atoms with Gasteiger partial charge in [0.1, 0.15) is 5.60 Å². The number of hydrogen-bond acceptors (Lipinski definition) is 7. The predicted molar refractivity (Wildman–Crippen MR) is 135 cm³/mol. The Morgan fingerprint density at radius 1 is 1.09 bits per heavy atom. The van der Waals surface area contributed by atoms with Crippen LogP contribution >= 0.6 is 11.6 Å². The lowest BCUT2D eigenvalue weighted by atomic mass is 10.0. The van der Waals surface area contributed by atoms with Crippen LogP contribution < -0.4 is 16.0 Å². The summed E-state index contributed by atoms with van der Waals surface area (Å²) in [5, 5.41) is 29.3. The number of aliphatic hydroxyl groups is 2. The van der Waals surface area contributed by atoms with Gasteiger partial charge in [0.2, 0.25) is 0 Å². The van der Waals surface area contributed by atoms with Crippen LogP contribution in [0.4, 0.5) is 11.4 Å². The van der Waals surface area contributed by atoms with Gasteiger partial charge in [-0.15, -0.1) is 0 Å². The summed E-state index contributed by atoms with van der Waals surface area (Å²) in [7, 11) is 1.58. The molecule has 5 N–H and O–H groups in total. The molecule has 0 saturated heterocycles. The smallest absolute Gasteiger partial charge is 0.253 e. The first-order chi connectivity index (χ1) is 16.1. The van der Waals surface area contributed by atoms with Crippen LogP contribution in [0, 0.1) is 0 Å². The number of anilines is 2. The van der Waals surface area contributed by atoms with E-state index in [1.54, 1.807) is 52.3 Å². The number of carbonyl (C=O) groups excluding carboxylic acids is 1. The van der Waals surface area contributed by atoms with Gasteiger partial charge in [0.05, 0.1) is 11.7 Å². The summed E-state index contributed by atoms with van der Waals surface area (Å²) in [6, 6.07) is 11.0. The highest BCUT2D eigenvalue weighted by Gasteiger charge is 2.19. The summed E-state index contributed by atoms with van der Waals surface area (Å²) in [6.45, 7) is 5.77. The first-order valence-electron chi connectivity index (χ1n) is 10.9. The fourth-order valence-electron chi connectivity index (χ4n) is 3.27. The molecule has 8 nitrogen and oxygen atoms in total. The Morgan fingerprint density at radius 3 is 2.41 bits per heavy atom. The number of carbonyl (C=O) groups is 1. The standard InChI is InChI=1S/C25H30ClN5O3/c1-15(32)11-28-19-6-8-21(26)17(9-19)12-29-22-10-16(5-7-20(22)23(33)27-4)18-13-30-24(31-14-18)25(2,3)34/h5-10,13-15,28-29,32,34H,11-12H2,1-4H3,(H,27,33)/t15-/m1/s1. The molecule has 9 heteroatoms. The van der Waals surface area contributed by atoms with Gasteiger partial charge in [-0.3, -0.25) is 4.79 Å². The van der Waals surface area contributed by atoms with Gasteiger partial charge >= 0.3 is 0 Å². The van der Waals surface area contributed by atoms with Crippen LogP contribution in [0.15, 0.2) is 48.8 Å². The van der Waals surface area contributed by atoms with Gasteiger partial charge in [0.25, 0.3) is 5.91 Å². The van der Waals surface area contributed by atoms with Crippen molar-refractivity contribution in [1.29, 1.82) is 0 Å². The quantitative estimate of drug-likeness (QED) is 0.314. The highest BCUT2D eigenvalue weighted by Crippen LogP contribution is 2.28. The minimum Gasteiger partial charge on any atom is -0.392 e. The molecular formula is C25H30ClN5O3. The maximum atomic E-state index is 12.5. The maximum Gasteiger partial charge on any atom is 0.253 e. The Kier molecular flexibility index (Phi) is 8.09. The van der Waals surface area contributed by atoms with Crippen LogP contribution in [-0.2, 0) is 12.1 Å². The molecule has 0 aliphatic carbocycles. The van der Waals surface area contributed by atoms with Crippen LogP contribution in [-0.4, -0.2) is 45.8 Å². The minimum atomic E-state index is -1.13. The van der Waals surface area contributed by atoms with Gasteiger partial charge < -0.3 is 26.2 Å². The van der Waals surface area contributed by atoms with E-state index in [4.69, 9.17) is 11.6 Å². The summed E-state index contributed by atoms with van der Waals surface area (Å²) in [6.07, 6.45) is 2.82. The number of aliphatic hydroxyl groups excluding tert-OH is 1. The molecule has 0 unspecified atom stereocenters. The van der Waals surface area contributed by atoms with Crippen LogP contribution in [0.25, 0.3) is 11.1 Å². The minimum absolute atomic E-state index is 0.221. The molecular weight excluding hydrogens is 454 g/mol. The van der Waals surface area contributed by atoms with Crippen molar-refractivity contribution >= 4 is 28.9 Å². The highest BCUT2D eigenvalue weighted by molar-refractivity contribution is 6.31. The van der Waals surface area contributed by atoms with E-state index < -0.39 is 11.7 Å². The lowest BCUT2D eigenvalue weighted by Crippen LogP contribution is -2.20. The van der Waals surface area contributed by atoms with Crippen LogP contribution in [0.2, 0.25) is 5.02 Å². The SMILES string of the molecule is CNC(=O)c1ccc(-c2cnc(C(C)(C)O)nc2)cc1NCc1cc(NC[C@@H](C)O)ccc1Cl. The van der Waals surface area contributed by atoms with Crippen molar-refractivity contribution in [2.24, 2.45) is 0 Å². The lowest BCUT2D eigenvalue weighted by molar-refractivity contribution is 0.0687. The normalized spacial score (nSPS) is 12.2. The molecule has 0 bridgehead atoms. The molecule has 0 fully saturated rings. The zero-order valence-corrected chi connectivity index (χ0v) is 20.4. The van der Waals surface area contributed by atoms with Gasteiger partial charge in [-0.05, 0) is 62.2 Å². The Labute approximate surface area is 204 Å². The van der Waals surface area contributed by atoms with E-state index in [2.05, 4.69) is 25.9 Å². The Bertz CT molecular complexity index is 1140.